The van der Waals surface area contributed by atoms with Gasteiger partial charge in [-0.2, -0.15) is 0 Å². The minimum atomic E-state index is -0.378. The van der Waals surface area contributed by atoms with Gasteiger partial charge < -0.3 is 4.74 Å². The number of Topliss-reactive ketones (excluding diaryl/α,β-unsaturated/α-hetero) is 2. The Morgan fingerprint density at radius 2 is 1.95 bits per heavy atom. The van der Waals surface area contributed by atoms with Gasteiger partial charge in [0.05, 0.1) is 12.5 Å². The molecule has 1 aromatic rings. The van der Waals surface area contributed by atoms with Crippen molar-refractivity contribution >= 4 is 11.6 Å². The van der Waals surface area contributed by atoms with Crippen LogP contribution in [0.5, 0.6) is 5.75 Å². The summed E-state index contributed by atoms with van der Waals surface area (Å²) < 4.78 is 5.61. The van der Waals surface area contributed by atoms with E-state index in [1.165, 1.54) is 0 Å². The van der Waals surface area contributed by atoms with E-state index < -0.39 is 0 Å². The van der Waals surface area contributed by atoms with E-state index in [4.69, 9.17) is 4.74 Å². The first-order valence-corrected chi connectivity index (χ1v) is 8.37. The quantitative estimate of drug-likeness (QED) is 0.565. The second-order valence-electron chi connectivity index (χ2n) is 6.39. The Morgan fingerprint density at radius 3 is 2.59 bits per heavy atom. The van der Waals surface area contributed by atoms with Crippen molar-refractivity contribution in [2.24, 2.45) is 11.8 Å². The number of unbranched alkanes of at least 4 members (excludes halogenated alkanes) is 1. The first-order valence-electron chi connectivity index (χ1n) is 8.37. The third-order valence-electron chi connectivity index (χ3n) is 4.34. The van der Waals surface area contributed by atoms with Crippen molar-refractivity contribution in [3.8, 4) is 5.75 Å². The molecule has 0 N–H and O–H groups in total. The summed E-state index contributed by atoms with van der Waals surface area (Å²) in [7, 11) is 0. The van der Waals surface area contributed by atoms with Crippen LogP contribution < -0.4 is 4.74 Å². The van der Waals surface area contributed by atoms with Crippen molar-refractivity contribution in [3.05, 3.63) is 29.8 Å². The highest BCUT2D eigenvalue weighted by Gasteiger charge is 2.31. The second-order valence-corrected chi connectivity index (χ2v) is 6.39. The molecule has 120 valence electrons. The van der Waals surface area contributed by atoms with Crippen molar-refractivity contribution in [1.82, 2.24) is 0 Å². The van der Waals surface area contributed by atoms with Crippen LogP contribution in [0.15, 0.2) is 24.3 Å². The Morgan fingerprint density at radius 1 is 1.23 bits per heavy atom. The number of rotatable bonds is 7. The van der Waals surface area contributed by atoms with Crippen molar-refractivity contribution < 1.29 is 14.3 Å². The smallest absolute Gasteiger partial charge is 0.147 e. The molecule has 0 saturated heterocycles. The molecule has 0 aliphatic heterocycles. The molecule has 22 heavy (non-hydrogen) atoms. The van der Waals surface area contributed by atoms with E-state index in [0.717, 1.165) is 43.6 Å². The van der Waals surface area contributed by atoms with Gasteiger partial charge in [-0.15, -0.1) is 0 Å². The third kappa shape index (κ3) is 4.69. The molecule has 2 atom stereocenters. The minimum Gasteiger partial charge on any atom is -0.494 e. The van der Waals surface area contributed by atoms with Crippen LogP contribution in [0.25, 0.3) is 0 Å². The summed E-state index contributed by atoms with van der Waals surface area (Å²) in [6.07, 6.45) is 4.76. The number of ketones is 2. The normalized spacial score (nSPS) is 21.6. The van der Waals surface area contributed by atoms with Crippen LogP contribution in [0, 0.1) is 11.8 Å². The zero-order chi connectivity index (χ0) is 15.9. The molecule has 1 saturated carbocycles. The fourth-order valence-corrected chi connectivity index (χ4v) is 2.90. The SMILES string of the molecule is CCCCOc1ccc(CC(=O)C2CCC(C)CC2=O)cc1. The largest absolute Gasteiger partial charge is 0.494 e. The minimum absolute atomic E-state index is 0.0663. The summed E-state index contributed by atoms with van der Waals surface area (Å²) >= 11 is 0. The molecule has 1 aliphatic carbocycles. The van der Waals surface area contributed by atoms with Gasteiger partial charge in [-0.25, -0.2) is 0 Å². The van der Waals surface area contributed by atoms with Crippen molar-refractivity contribution in [2.45, 2.75) is 52.4 Å². The number of carbonyl (C=O) groups is 2. The van der Waals surface area contributed by atoms with Gasteiger partial charge in [-0.3, -0.25) is 9.59 Å². The highest BCUT2D eigenvalue weighted by atomic mass is 16.5. The lowest BCUT2D eigenvalue weighted by Gasteiger charge is -2.23. The first-order chi connectivity index (χ1) is 10.6. The van der Waals surface area contributed by atoms with E-state index in [1.807, 2.05) is 24.3 Å². The van der Waals surface area contributed by atoms with Gasteiger partial charge in [0.15, 0.2) is 0 Å². The maximum Gasteiger partial charge on any atom is 0.147 e. The van der Waals surface area contributed by atoms with Crippen LogP contribution in [0.3, 0.4) is 0 Å². The highest BCUT2D eigenvalue weighted by molar-refractivity contribution is 6.03. The Bertz CT molecular complexity index is 504. The lowest BCUT2D eigenvalue weighted by molar-refractivity contribution is -0.134. The summed E-state index contributed by atoms with van der Waals surface area (Å²) in [5, 5.41) is 0. The summed E-state index contributed by atoms with van der Waals surface area (Å²) in [6.45, 7) is 4.94. The Hall–Kier alpha value is -1.64. The highest BCUT2D eigenvalue weighted by Crippen LogP contribution is 2.27. The van der Waals surface area contributed by atoms with Gasteiger partial charge in [0.25, 0.3) is 0 Å². The Labute approximate surface area is 133 Å². The number of hydrogen-bond acceptors (Lipinski definition) is 3. The topological polar surface area (TPSA) is 43.4 Å². The molecule has 0 aromatic heterocycles. The molecule has 3 nitrogen and oxygen atoms in total. The van der Waals surface area contributed by atoms with Crippen LogP contribution in [-0.4, -0.2) is 18.2 Å². The van der Waals surface area contributed by atoms with E-state index in [-0.39, 0.29) is 17.5 Å². The fourth-order valence-electron chi connectivity index (χ4n) is 2.90. The van der Waals surface area contributed by atoms with E-state index in [1.54, 1.807) is 0 Å². The van der Waals surface area contributed by atoms with Crippen LogP contribution >= 0.6 is 0 Å². The lowest BCUT2D eigenvalue weighted by Crippen LogP contribution is -2.31. The number of ether oxygens (including phenoxy) is 1. The summed E-state index contributed by atoms with van der Waals surface area (Å²) in [4.78, 5) is 24.3. The average molecular weight is 302 g/mol. The van der Waals surface area contributed by atoms with E-state index in [2.05, 4.69) is 13.8 Å². The van der Waals surface area contributed by atoms with Gasteiger partial charge in [-0.05, 0) is 42.9 Å². The van der Waals surface area contributed by atoms with Crippen LogP contribution in [0.4, 0.5) is 0 Å². The van der Waals surface area contributed by atoms with Gasteiger partial charge >= 0.3 is 0 Å². The molecular formula is C19H26O3. The van der Waals surface area contributed by atoms with Crippen molar-refractivity contribution in [3.63, 3.8) is 0 Å². The predicted molar refractivity (Wildman–Crippen MR) is 87.1 cm³/mol. The monoisotopic (exact) mass is 302 g/mol. The average Bonchev–Trinajstić information content (AvgIpc) is 2.49. The number of carbonyl (C=O) groups excluding carboxylic acids is 2. The molecule has 0 amide bonds. The fraction of sp³-hybridized carbons (Fsp3) is 0.579. The van der Waals surface area contributed by atoms with Crippen LogP contribution in [0.1, 0.15) is 51.5 Å². The number of benzene rings is 1. The van der Waals surface area contributed by atoms with Crippen LogP contribution in [0.2, 0.25) is 0 Å². The molecule has 0 radical (unpaired) electrons. The maximum absolute atomic E-state index is 12.3. The molecule has 1 fully saturated rings. The first kappa shape index (κ1) is 16.7. The Balaban J connectivity index is 1.87. The van der Waals surface area contributed by atoms with E-state index in [9.17, 15) is 9.59 Å². The summed E-state index contributed by atoms with van der Waals surface area (Å²) in [5.41, 5.74) is 0.958. The molecule has 0 heterocycles. The molecule has 3 heteroatoms. The summed E-state index contributed by atoms with van der Waals surface area (Å²) in [5.74, 6) is 1.08. The molecular weight excluding hydrogens is 276 g/mol. The standard InChI is InChI=1S/C19H26O3/c1-3-4-11-22-16-8-6-15(7-9-16)13-19(21)17-10-5-14(2)12-18(17)20/h6-9,14,17H,3-5,10-13H2,1-2H3. The second kappa shape index (κ2) is 8.11. The molecule has 2 unspecified atom stereocenters. The molecule has 1 aliphatic rings. The third-order valence-corrected chi connectivity index (χ3v) is 4.34. The summed E-state index contributed by atoms with van der Waals surface area (Å²) in [6, 6.07) is 7.66. The molecule has 0 bridgehead atoms. The molecule has 0 spiro atoms. The van der Waals surface area contributed by atoms with Gasteiger partial charge in [0.1, 0.15) is 17.3 Å². The lowest BCUT2D eigenvalue weighted by atomic mass is 9.78. The van der Waals surface area contributed by atoms with E-state index in [0.29, 0.717) is 18.8 Å². The van der Waals surface area contributed by atoms with Crippen molar-refractivity contribution in [1.29, 1.82) is 0 Å². The zero-order valence-corrected chi connectivity index (χ0v) is 13.6. The zero-order valence-electron chi connectivity index (χ0n) is 13.6. The predicted octanol–water partition coefficient (Wildman–Crippen LogP) is 3.98. The van der Waals surface area contributed by atoms with Gasteiger partial charge in [0.2, 0.25) is 0 Å². The Kier molecular flexibility index (Phi) is 6.17. The van der Waals surface area contributed by atoms with Gasteiger partial charge in [0, 0.05) is 12.8 Å². The maximum atomic E-state index is 12.3. The number of hydrogen-bond donors (Lipinski definition) is 0. The van der Waals surface area contributed by atoms with E-state index >= 15 is 0 Å². The van der Waals surface area contributed by atoms with Crippen LogP contribution in [-0.2, 0) is 16.0 Å². The van der Waals surface area contributed by atoms with Gasteiger partial charge in [-0.1, -0.05) is 32.4 Å². The molecule has 2 rings (SSSR count). The van der Waals surface area contributed by atoms with Crippen molar-refractivity contribution in [2.75, 3.05) is 6.61 Å². The molecule has 1 aromatic carbocycles.